The van der Waals surface area contributed by atoms with Gasteiger partial charge in [0.1, 0.15) is 22.8 Å². The Morgan fingerprint density at radius 1 is 1.07 bits per heavy atom. The molecule has 0 saturated heterocycles. The van der Waals surface area contributed by atoms with E-state index in [1.165, 1.54) is 13.2 Å². The summed E-state index contributed by atoms with van der Waals surface area (Å²) < 4.78 is 34.9. The lowest BCUT2D eigenvalue weighted by Gasteiger charge is -2.29. The molecule has 1 aromatic carbocycles. The van der Waals surface area contributed by atoms with Gasteiger partial charge in [0.15, 0.2) is 6.79 Å². The van der Waals surface area contributed by atoms with Crippen molar-refractivity contribution in [2.24, 2.45) is 5.41 Å². The van der Waals surface area contributed by atoms with E-state index >= 15 is 0 Å². The summed E-state index contributed by atoms with van der Waals surface area (Å²) in [6.07, 6.45) is -1.12. The van der Waals surface area contributed by atoms with Crippen molar-refractivity contribution in [3.05, 3.63) is 23.5 Å². The smallest absolute Gasteiger partial charge is 0.421 e. The molecule has 0 spiro atoms. The number of hydrogen-bond donors (Lipinski definition) is 0. The lowest BCUT2D eigenvalue weighted by Crippen LogP contribution is -2.45. The van der Waals surface area contributed by atoms with Crippen LogP contribution in [-0.4, -0.2) is 45.1 Å². The van der Waals surface area contributed by atoms with Gasteiger partial charge in [0, 0.05) is 12.5 Å². The van der Waals surface area contributed by atoms with Gasteiger partial charge in [-0.2, -0.15) is 0 Å². The molecule has 9 heteroatoms. The van der Waals surface area contributed by atoms with Gasteiger partial charge >= 0.3 is 12.1 Å². The van der Waals surface area contributed by atoms with Gasteiger partial charge in [-0.25, -0.2) is 18.9 Å². The van der Waals surface area contributed by atoms with E-state index in [0.717, 1.165) is 6.07 Å². The highest BCUT2D eigenvalue weighted by Crippen LogP contribution is 2.36. The van der Waals surface area contributed by atoms with Crippen molar-refractivity contribution < 1.29 is 37.7 Å². The molecule has 1 rings (SSSR count). The summed E-state index contributed by atoms with van der Waals surface area (Å²) in [5.74, 6) is -2.82. The number of benzene rings is 1. The van der Waals surface area contributed by atoms with Crippen LogP contribution in [0.4, 0.5) is 14.9 Å². The highest BCUT2D eigenvalue weighted by Gasteiger charge is 2.39. The molecule has 0 aromatic heterocycles. The molecule has 0 aliphatic carbocycles. The zero-order chi connectivity index (χ0) is 21.5. The van der Waals surface area contributed by atoms with Crippen molar-refractivity contribution in [1.29, 1.82) is 0 Å². The highest BCUT2D eigenvalue weighted by atomic mass is 19.1. The minimum absolute atomic E-state index is 0.00880. The number of nitrogens with zero attached hydrogens (tertiary/aromatic N) is 1. The molecule has 1 aromatic rings. The monoisotopic (exact) mass is 399 g/mol. The Bertz CT molecular complexity index is 728. The van der Waals surface area contributed by atoms with Gasteiger partial charge in [0.2, 0.25) is 5.91 Å². The molecule has 0 radical (unpaired) electrons. The summed E-state index contributed by atoms with van der Waals surface area (Å²) >= 11 is 0. The second-order valence-electron chi connectivity index (χ2n) is 6.63. The van der Waals surface area contributed by atoms with Crippen LogP contribution in [0.1, 0.15) is 45.0 Å². The molecule has 0 atom stereocenters. The minimum Gasteiger partial charge on any atom is -0.467 e. The van der Waals surface area contributed by atoms with E-state index in [1.807, 2.05) is 0 Å². The normalized spacial score (nSPS) is 11.0. The molecule has 28 heavy (non-hydrogen) atoms. The maximum atomic E-state index is 14.9. The third-order valence-corrected chi connectivity index (χ3v) is 3.42. The summed E-state index contributed by atoms with van der Waals surface area (Å²) in [6.45, 7) is 7.45. The molecule has 0 saturated carbocycles. The predicted octanol–water partition coefficient (Wildman–Crippen LogP) is 3.52. The van der Waals surface area contributed by atoms with E-state index in [0.29, 0.717) is 4.90 Å². The molecule has 0 heterocycles. The van der Waals surface area contributed by atoms with Crippen LogP contribution in [0.2, 0.25) is 0 Å². The summed E-state index contributed by atoms with van der Waals surface area (Å²) in [4.78, 5) is 38.5. The summed E-state index contributed by atoms with van der Waals surface area (Å²) in [7, 11) is 1.36. The van der Waals surface area contributed by atoms with E-state index in [9.17, 15) is 18.8 Å². The predicted molar refractivity (Wildman–Crippen MR) is 98.8 cm³/mol. The number of amides is 2. The Kier molecular flexibility index (Phi) is 8.36. The number of imide groups is 1. The van der Waals surface area contributed by atoms with Gasteiger partial charge in [-0.05, 0) is 26.0 Å². The first-order valence-corrected chi connectivity index (χ1v) is 8.72. The average molecular weight is 399 g/mol. The maximum absolute atomic E-state index is 14.9. The first-order chi connectivity index (χ1) is 13.1. The first kappa shape index (κ1) is 23.4. The van der Waals surface area contributed by atoms with Crippen molar-refractivity contribution in [2.45, 2.75) is 34.6 Å². The second kappa shape index (κ2) is 10.0. The Morgan fingerprint density at radius 2 is 1.68 bits per heavy atom. The fourth-order valence-electron chi connectivity index (χ4n) is 2.21. The topological polar surface area (TPSA) is 91.4 Å². The Hall–Kier alpha value is -2.68. The largest absolute Gasteiger partial charge is 0.467 e. The number of carbonyl (C=O) groups is 3. The average Bonchev–Trinajstić information content (AvgIpc) is 2.61. The van der Waals surface area contributed by atoms with Crippen molar-refractivity contribution in [3.8, 4) is 5.75 Å². The van der Waals surface area contributed by atoms with Gasteiger partial charge in [0.05, 0.1) is 13.2 Å². The number of anilines is 1. The number of halogens is 1. The fraction of sp³-hybridized carbons (Fsp3) is 0.526. The van der Waals surface area contributed by atoms with Crippen LogP contribution >= 0.6 is 0 Å². The van der Waals surface area contributed by atoms with Gasteiger partial charge in [-0.1, -0.05) is 20.8 Å². The van der Waals surface area contributed by atoms with Crippen LogP contribution in [-0.2, 0) is 19.0 Å². The summed E-state index contributed by atoms with van der Waals surface area (Å²) in [5.41, 5.74) is -2.08. The van der Waals surface area contributed by atoms with Crippen LogP contribution in [0.5, 0.6) is 5.75 Å². The Balaban J connectivity index is 3.76. The van der Waals surface area contributed by atoms with E-state index in [1.54, 1.807) is 34.6 Å². The van der Waals surface area contributed by atoms with Crippen LogP contribution < -0.4 is 9.64 Å². The third kappa shape index (κ3) is 5.41. The second-order valence-corrected chi connectivity index (χ2v) is 6.63. The number of ether oxygens (including phenoxy) is 4. The molecule has 0 aliphatic rings. The van der Waals surface area contributed by atoms with E-state index in [2.05, 4.69) is 0 Å². The molecule has 0 bridgehead atoms. The molecular formula is C19H26FNO7. The molecule has 0 unspecified atom stereocenters. The summed E-state index contributed by atoms with van der Waals surface area (Å²) in [6, 6.07) is 2.17. The lowest BCUT2D eigenvalue weighted by molar-refractivity contribution is -0.125. The highest BCUT2D eigenvalue weighted by molar-refractivity contribution is 6.17. The van der Waals surface area contributed by atoms with Gasteiger partial charge in [0.25, 0.3) is 0 Å². The first-order valence-electron chi connectivity index (χ1n) is 8.72. The molecule has 156 valence electrons. The molecule has 0 N–H and O–H groups in total. The molecule has 2 amide bonds. The van der Waals surface area contributed by atoms with E-state index in [-0.39, 0.29) is 25.8 Å². The third-order valence-electron chi connectivity index (χ3n) is 3.42. The van der Waals surface area contributed by atoms with Gasteiger partial charge < -0.3 is 18.9 Å². The number of carbonyl (C=O) groups excluding carboxylic acids is 3. The standard InChI is InChI=1S/C19H26FNO7/c1-7-26-16(22)14-13(28-11-25-6)10-9-12(20)15(14)21(18(24)27-8-2)17(23)19(3,4)5/h9-10H,7-8,11H2,1-6H3. The SMILES string of the molecule is CCOC(=O)c1c(OCOC)ccc(F)c1N(C(=O)OCC)C(=O)C(C)(C)C. The Labute approximate surface area is 163 Å². The maximum Gasteiger partial charge on any atom is 0.421 e. The fourth-order valence-corrected chi connectivity index (χ4v) is 2.21. The zero-order valence-corrected chi connectivity index (χ0v) is 17.0. The van der Waals surface area contributed by atoms with Crippen LogP contribution in [0.25, 0.3) is 0 Å². The molecule has 0 aliphatic heterocycles. The lowest BCUT2D eigenvalue weighted by atomic mass is 9.94. The zero-order valence-electron chi connectivity index (χ0n) is 17.0. The van der Waals surface area contributed by atoms with Crippen molar-refractivity contribution in [2.75, 3.05) is 32.0 Å². The number of hydrogen-bond acceptors (Lipinski definition) is 7. The number of esters is 1. The van der Waals surface area contributed by atoms with Crippen molar-refractivity contribution in [3.63, 3.8) is 0 Å². The van der Waals surface area contributed by atoms with Crippen molar-refractivity contribution in [1.82, 2.24) is 0 Å². The van der Waals surface area contributed by atoms with E-state index < -0.39 is 40.5 Å². The van der Waals surface area contributed by atoms with Gasteiger partial charge in [-0.3, -0.25) is 4.79 Å². The van der Waals surface area contributed by atoms with Gasteiger partial charge in [-0.15, -0.1) is 0 Å². The minimum atomic E-state index is -1.12. The van der Waals surface area contributed by atoms with Crippen LogP contribution in [0.3, 0.4) is 0 Å². The molecule has 8 nitrogen and oxygen atoms in total. The quantitative estimate of drug-likeness (QED) is 0.512. The Morgan fingerprint density at radius 3 is 2.18 bits per heavy atom. The molecule has 0 fully saturated rings. The van der Waals surface area contributed by atoms with Crippen LogP contribution in [0, 0.1) is 11.2 Å². The van der Waals surface area contributed by atoms with E-state index in [4.69, 9.17) is 18.9 Å². The van der Waals surface area contributed by atoms with Crippen LogP contribution in [0.15, 0.2) is 12.1 Å². The van der Waals surface area contributed by atoms with Crippen molar-refractivity contribution >= 4 is 23.7 Å². The summed E-state index contributed by atoms with van der Waals surface area (Å²) in [5, 5.41) is 0. The number of methoxy groups -OCH3 is 1. The molecular weight excluding hydrogens is 373 g/mol. The number of rotatable bonds is 7.